The first-order chi connectivity index (χ1) is 11.6. The van der Waals surface area contributed by atoms with Crippen LogP contribution in [-0.4, -0.2) is 51.0 Å². The minimum absolute atomic E-state index is 0.354. The van der Waals surface area contributed by atoms with E-state index in [2.05, 4.69) is 20.1 Å². The lowest BCUT2D eigenvalue weighted by Gasteiger charge is -2.38. The van der Waals surface area contributed by atoms with Gasteiger partial charge in [-0.05, 0) is 25.7 Å². The Morgan fingerprint density at radius 3 is 3.08 bits per heavy atom. The molecule has 128 valence electrons. The van der Waals surface area contributed by atoms with E-state index < -0.39 is 5.60 Å². The number of ether oxygens (including phenoxy) is 1. The molecule has 1 aliphatic heterocycles. The maximum atomic E-state index is 11.0. The van der Waals surface area contributed by atoms with E-state index in [-0.39, 0.29) is 0 Å². The van der Waals surface area contributed by atoms with Gasteiger partial charge in [-0.2, -0.15) is 9.97 Å². The van der Waals surface area contributed by atoms with Crippen LogP contribution in [0.25, 0.3) is 0 Å². The molecular weight excluding hydrogens is 310 g/mol. The van der Waals surface area contributed by atoms with Gasteiger partial charge in [-0.3, -0.25) is 0 Å². The molecule has 0 aromatic carbocycles. The average molecular weight is 331 g/mol. The average Bonchev–Trinajstić information content (AvgIpc) is 3.35. The second-order valence-corrected chi connectivity index (χ2v) is 6.65. The van der Waals surface area contributed by atoms with Crippen LogP contribution >= 0.6 is 0 Å². The van der Waals surface area contributed by atoms with Gasteiger partial charge in [0.1, 0.15) is 0 Å². The van der Waals surface area contributed by atoms with E-state index in [4.69, 9.17) is 9.26 Å². The summed E-state index contributed by atoms with van der Waals surface area (Å²) in [6.45, 7) is 1.23. The molecule has 0 spiro atoms. The molecule has 8 heteroatoms. The first kappa shape index (κ1) is 15.3. The third-order valence-electron chi connectivity index (χ3n) is 4.57. The molecule has 2 aromatic rings. The Labute approximate surface area is 139 Å². The molecule has 2 aromatic heterocycles. The SMILES string of the molecule is COc1ccnc(N2CCCC(O)(Cc3nc(C4CC4)no3)C2)n1. The fraction of sp³-hybridized carbons (Fsp3) is 0.625. The number of aromatic nitrogens is 4. The number of anilines is 1. The van der Waals surface area contributed by atoms with Crippen molar-refractivity contribution in [2.24, 2.45) is 0 Å². The Hall–Kier alpha value is -2.22. The lowest BCUT2D eigenvalue weighted by molar-refractivity contribution is 0.0189. The number of piperidine rings is 1. The normalized spacial score (nSPS) is 24.2. The fourth-order valence-corrected chi connectivity index (χ4v) is 3.15. The van der Waals surface area contributed by atoms with Crippen molar-refractivity contribution in [3.8, 4) is 5.88 Å². The standard InChI is InChI=1S/C16H21N5O3/c1-23-12-5-7-17-15(19-12)21-8-2-6-16(22,10-21)9-13-18-14(20-24-13)11-3-4-11/h5,7,11,22H,2-4,6,8-10H2,1H3. The molecule has 8 nitrogen and oxygen atoms in total. The highest BCUT2D eigenvalue weighted by atomic mass is 16.5. The zero-order chi connectivity index (χ0) is 16.6. The molecule has 2 aliphatic rings. The van der Waals surface area contributed by atoms with Crippen molar-refractivity contribution in [3.05, 3.63) is 24.0 Å². The number of nitrogens with zero attached hydrogens (tertiary/aromatic N) is 5. The van der Waals surface area contributed by atoms with Gasteiger partial charge in [0, 0.05) is 24.7 Å². The summed E-state index contributed by atoms with van der Waals surface area (Å²) in [4.78, 5) is 15.1. The molecule has 0 bridgehead atoms. The summed E-state index contributed by atoms with van der Waals surface area (Å²) in [7, 11) is 1.58. The minimum Gasteiger partial charge on any atom is -0.481 e. The van der Waals surface area contributed by atoms with Gasteiger partial charge < -0.3 is 19.3 Å². The van der Waals surface area contributed by atoms with E-state index in [1.165, 1.54) is 0 Å². The lowest BCUT2D eigenvalue weighted by Crippen LogP contribution is -2.50. The summed E-state index contributed by atoms with van der Waals surface area (Å²) in [5.74, 6) is 2.81. The van der Waals surface area contributed by atoms with Gasteiger partial charge in [-0.15, -0.1) is 0 Å². The number of methoxy groups -OCH3 is 1. The third kappa shape index (κ3) is 3.19. The highest BCUT2D eigenvalue weighted by Gasteiger charge is 2.37. The summed E-state index contributed by atoms with van der Waals surface area (Å²) in [5, 5.41) is 15.0. The van der Waals surface area contributed by atoms with Gasteiger partial charge in [0.25, 0.3) is 0 Å². The zero-order valence-corrected chi connectivity index (χ0v) is 13.7. The van der Waals surface area contributed by atoms with Crippen LogP contribution in [0.5, 0.6) is 5.88 Å². The molecule has 1 aliphatic carbocycles. The van der Waals surface area contributed by atoms with Crippen LogP contribution in [0, 0.1) is 0 Å². The van der Waals surface area contributed by atoms with Crippen LogP contribution < -0.4 is 9.64 Å². The minimum atomic E-state index is -0.919. The first-order valence-electron chi connectivity index (χ1n) is 8.32. The van der Waals surface area contributed by atoms with Crippen molar-refractivity contribution >= 4 is 5.95 Å². The lowest BCUT2D eigenvalue weighted by atomic mass is 9.89. The topological polar surface area (TPSA) is 97.4 Å². The number of aliphatic hydroxyl groups is 1. The van der Waals surface area contributed by atoms with Crippen LogP contribution in [0.1, 0.15) is 43.3 Å². The van der Waals surface area contributed by atoms with Crippen LogP contribution in [0.2, 0.25) is 0 Å². The first-order valence-corrected chi connectivity index (χ1v) is 8.32. The van der Waals surface area contributed by atoms with Gasteiger partial charge in [0.05, 0.1) is 25.7 Å². The van der Waals surface area contributed by atoms with Crippen molar-refractivity contribution in [2.75, 3.05) is 25.1 Å². The fourth-order valence-electron chi connectivity index (χ4n) is 3.15. The van der Waals surface area contributed by atoms with E-state index in [0.29, 0.717) is 43.0 Å². The molecule has 0 radical (unpaired) electrons. The molecule has 1 saturated heterocycles. The quantitative estimate of drug-likeness (QED) is 0.876. The smallest absolute Gasteiger partial charge is 0.229 e. The number of hydrogen-bond acceptors (Lipinski definition) is 8. The Bertz CT molecular complexity index is 717. The van der Waals surface area contributed by atoms with Crippen LogP contribution in [0.15, 0.2) is 16.8 Å². The molecule has 1 unspecified atom stereocenters. The number of hydrogen-bond donors (Lipinski definition) is 1. The molecule has 4 rings (SSSR count). The van der Waals surface area contributed by atoms with E-state index in [1.807, 2.05) is 4.90 Å². The monoisotopic (exact) mass is 331 g/mol. The second-order valence-electron chi connectivity index (χ2n) is 6.65. The Morgan fingerprint density at radius 2 is 2.29 bits per heavy atom. The Kier molecular flexibility index (Phi) is 3.84. The van der Waals surface area contributed by atoms with E-state index in [0.717, 1.165) is 31.6 Å². The van der Waals surface area contributed by atoms with E-state index in [9.17, 15) is 5.11 Å². The van der Waals surface area contributed by atoms with Gasteiger partial charge in [0.2, 0.25) is 17.7 Å². The van der Waals surface area contributed by atoms with Crippen LogP contribution in [0.4, 0.5) is 5.95 Å². The Morgan fingerprint density at radius 1 is 1.42 bits per heavy atom. The zero-order valence-electron chi connectivity index (χ0n) is 13.7. The molecule has 2 fully saturated rings. The van der Waals surface area contributed by atoms with Crippen molar-refractivity contribution < 1.29 is 14.4 Å². The molecule has 0 amide bonds. The van der Waals surface area contributed by atoms with Crippen molar-refractivity contribution in [2.45, 2.75) is 43.6 Å². The summed E-state index contributed by atoms with van der Waals surface area (Å²) >= 11 is 0. The number of β-amino-alcohol motifs (C(OH)–C–C–N with tert-alkyl or cyclic N) is 1. The molecule has 24 heavy (non-hydrogen) atoms. The van der Waals surface area contributed by atoms with Gasteiger partial charge in [0.15, 0.2) is 5.82 Å². The van der Waals surface area contributed by atoms with Gasteiger partial charge >= 0.3 is 0 Å². The van der Waals surface area contributed by atoms with Crippen molar-refractivity contribution in [3.63, 3.8) is 0 Å². The Balaban J connectivity index is 1.47. The van der Waals surface area contributed by atoms with Gasteiger partial charge in [-0.1, -0.05) is 5.16 Å². The van der Waals surface area contributed by atoms with Crippen molar-refractivity contribution in [1.82, 2.24) is 20.1 Å². The predicted octanol–water partition coefficient (Wildman–Crippen LogP) is 1.32. The van der Waals surface area contributed by atoms with E-state index >= 15 is 0 Å². The summed E-state index contributed by atoms with van der Waals surface area (Å²) in [6, 6.07) is 1.71. The van der Waals surface area contributed by atoms with E-state index in [1.54, 1.807) is 19.4 Å². The summed E-state index contributed by atoms with van der Waals surface area (Å²) < 4.78 is 10.5. The van der Waals surface area contributed by atoms with Crippen LogP contribution in [0.3, 0.4) is 0 Å². The molecular formula is C16H21N5O3. The maximum Gasteiger partial charge on any atom is 0.229 e. The predicted molar refractivity (Wildman–Crippen MR) is 85.0 cm³/mol. The molecule has 1 saturated carbocycles. The maximum absolute atomic E-state index is 11.0. The summed E-state index contributed by atoms with van der Waals surface area (Å²) in [5.41, 5.74) is -0.919. The molecule has 1 N–H and O–H groups in total. The number of rotatable bonds is 5. The third-order valence-corrected chi connectivity index (χ3v) is 4.57. The van der Waals surface area contributed by atoms with Crippen LogP contribution in [-0.2, 0) is 6.42 Å². The largest absolute Gasteiger partial charge is 0.481 e. The summed E-state index contributed by atoms with van der Waals surface area (Å²) in [6.07, 6.45) is 5.81. The second kappa shape index (κ2) is 6.01. The highest BCUT2D eigenvalue weighted by molar-refractivity contribution is 5.34. The molecule has 1 atom stereocenters. The van der Waals surface area contributed by atoms with Gasteiger partial charge in [-0.25, -0.2) is 4.98 Å². The van der Waals surface area contributed by atoms with Crippen molar-refractivity contribution in [1.29, 1.82) is 0 Å². The highest BCUT2D eigenvalue weighted by Crippen LogP contribution is 2.38. The molecule has 3 heterocycles.